The van der Waals surface area contributed by atoms with E-state index in [2.05, 4.69) is 77.0 Å². The molecule has 172 valence electrons. The van der Waals surface area contributed by atoms with Crippen LogP contribution < -0.4 is 10.2 Å². The van der Waals surface area contributed by atoms with Crippen molar-refractivity contribution >= 4 is 17.9 Å². The summed E-state index contributed by atoms with van der Waals surface area (Å²) in [6.45, 7) is 15.3. The Labute approximate surface area is 190 Å². The Bertz CT molecular complexity index is 919. The number of carbonyl (C=O) groups is 1. The van der Waals surface area contributed by atoms with Crippen LogP contribution in [0, 0.1) is 0 Å². The fraction of sp³-hybridized carbons (Fsp3) is 0.542. The second kappa shape index (κ2) is 9.42. The number of aromatic nitrogens is 2. The van der Waals surface area contributed by atoms with E-state index in [0.29, 0.717) is 24.9 Å². The molecule has 0 aliphatic carbocycles. The Morgan fingerprint density at radius 3 is 2.41 bits per heavy atom. The summed E-state index contributed by atoms with van der Waals surface area (Å²) in [6.07, 6.45) is 1.30. The molecule has 8 nitrogen and oxygen atoms in total. The third-order valence-electron chi connectivity index (χ3n) is 6.23. The lowest BCUT2D eigenvalue weighted by Crippen LogP contribution is -2.53. The average molecular weight is 439 g/mol. The first-order valence-corrected chi connectivity index (χ1v) is 11.4. The maximum Gasteiger partial charge on any atom is 0.415 e. The number of nitrogens with zero attached hydrogens (tertiary/aromatic N) is 5. The molecule has 0 radical (unpaired) electrons. The van der Waals surface area contributed by atoms with E-state index in [1.54, 1.807) is 12.3 Å². The normalized spacial score (nSPS) is 19.1. The van der Waals surface area contributed by atoms with Crippen molar-refractivity contribution in [3.63, 3.8) is 0 Å². The van der Waals surface area contributed by atoms with Gasteiger partial charge in [0.1, 0.15) is 12.4 Å². The number of hydrogen-bond donors (Lipinski definition) is 1. The molecule has 1 aromatic heterocycles. The highest BCUT2D eigenvalue weighted by Gasteiger charge is 2.26. The van der Waals surface area contributed by atoms with Crippen molar-refractivity contribution in [2.24, 2.45) is 0 Å². The van der Waals surface area contributed by atoms with Gasteiger partial charge in [-0.05, 0) is 44.9 Å². The van der Waals surface area contributed by atoms with E-state index in [4.69, 9.17) is 4.74 Å². The predicted molar refractivity (Wildman–Crippen MR) is 126 cm³/mol. The molecule has 32 heavy (non-hydrogen) atoms. The first-order valence-electron chi connectivity index (χ1n) is 11.4. The first-order chi connectivity index (χ1) is 15.3. The van der Waals surface area contributed by atoms with Crippen LogP contribution in [-0.4, -0.2) is 70.7 Å². The fourth-order valence-corrected chi connectivity index (χ4v) is 4.19. The van der Waals surface area contributed by atoms with Gasteiger partial charge in [-0.2, -0.15) is 4.98 Å². The largest absolute Gasteiger partial charge is 0.447 e. The number of nitrogens with one attached hydrogen (secondary N) is 1. The quantitative estimate of drug-likeness (QED) is 0.740. The van der Waals surface area contributed by atoms with Gasteiger partial charge in [-0.1, -0.05) is 24.3 Å². The number of cyclic esters (lactones) is 1. The monoisotopic (exact) mass is 438 g/mol. The van der Waals surface area contributed by atoms with Gasteiger partial charge in [0.05, 0.1) is 12.6 Å². The van der Waals surface area contributed by atoms with Crippen molar-refractivity contribution in [2.45, 2.75) is 45.8 Å². The molecule has 2 saturated heterocycles. The van der Waals surface area contributed by atoms with Gasteiger partial charge in [0.25, 0.3) is 0 Å². The molecule has 0 spiro atoms. The zero-order valence-corrected chi connectivity index (χ0v) is 19.5. The smallest absolute Gasteiger partial charge is 0.415 e. The number of carbonyl (C=O) groups excluding carboxylic acids is 1. The lowest BCUT2D eigenvalue weighted by molar-refractivity contribution is 0.0591. The minimum atomic E-state index is -0.363. The van der Waals surface area contributed by atoms with Crippen LogP contribution in [0.4, 0.5) is 16.6 Å². The van der Waals surface area contributed by atoms with E-state index in [0.717, 1.165) is 32.7 Å². The van der Waals surface area contributed by atoms with Crippen molar-refractivity contribution in [2.75, 3.05) is 49.5 Å². The van der Waals surface area contributed by atoms with E-state index in [1.807, 2.05) is 0 Å². The molecule has 1 unspecified atom stereocenters. The van der Waals surface area contributed by atoms with E-state index in [-0.39, 0.29) is 17.7 Å². The zero-order valence-electron chi connectivity index (χ0n) is 19.5. The van der Waals surface area contributed by atoms with Gasteiger partial charge in [-0.3, -0.25) is 14.7 Å². The molecular weight excluding hydrogens is 404 g/mol. The Kier molecular flexibility index (Phi) is 6.62. The summed E-state index contributed by atoms with van der Waals surface area (Å²) in [4.78, 5) is 27.2. The number of anilines is 2. The van der Waals surface area contributed by atoms with Crippen molar-refractivity contribution in [3.8, 4) is 0 Å². The van der Waals surface area contributed by atoms with Crippen LogP contribution >= 0.6 is 0 Å². The summed E-state index contributed by atoms with van der Waals surface area (Å²) in [7, 11) is 0. The lowest BCUT2D eigenvalue weighted by Gasteiger charge is -2.42. The van der Waals surface area contributed by atoms with Crippen LogP contribution in [-0.2, 0) is 11.3 Å². The number of amides is 1. The SMILES string of the molecule is CC(Nc1nccc(N2CCOC2=O)n1)c1ccc(CN2CCN(C(C)(C)C)CC2)cc1. The molecule has 2 aliphatic heterocycles. The Morgan fingerprint density at radius 2 is 1.78 bits per heavy atom. The van der Waals surface area contributed by atoms with Gasteiger partial charge in [-0.15, -0.1) is 0 Å². The van der Waals surface area contributed by atoms with Gasteiger partial charge in [0.2, 0.25) is 5.95 Å². The summed E-state index contributed by atoms with van der Waals surface area (Å²) in [5.41, 5.74) is 2.74. The molecule has 0 bridgehead atoms. The predicted octanol–water partition coefficient (Wildman–Crippen LogP) is 3.52. The second-order valence-electron chi connectivity index (χ2n) is 9.55. The third kappa shape index (κ3) is 5.37. The Hall–Kier alpha value is -2.71. The van der Waals surface area contributed by atoms with E-state index in [1.165, 1.54) is 16.0 Å². The number of benzene rings is 1. The maximum atomic E-state index is 11.8. The standard InChI is InChI=1S/C24H34N6O2/c1-18(26-22-25-10-9-21(27-22)30-15-16-32-23(30)31)20-7-5-19(6-8-20)17-28-11-13-29(14-12-28)24(2,3)4/h5-10,18H,11-17H2,1-4H3,(H,25,26,27). The van der Waals surface area contributed by atoms with E-state index >= 15 is 0 Å². The minimum Gasteiger partial charge on any atom is -0.447 e. The van der Waals surface area contributed by atoms with Crippen LogP contribution in [0.2, 0.25) is 0 Å². The highest BCUT2D eigenvalue weighted by molar-refractivity contribution is 5.88. The second-order valence-corrected chi connectivity index (χ2v) is 9.55. The summed E-state index contributed by atoms with van der Waals surface area (Å²) < 4.78 is 5.00. The van der Waals surface area contributed by atoms with Crippen molar-refractivity contribution in [3.05, 3.63) is 47.7 Å². The molecule has 0 saturated carbocycles. The average Bonchev–Trinajstić information content (AvgIpc) is 3.20. The highest BCUT2D eigenvalue weighted by Crippen LogP contribution is 2.22. The summed E-state index contributed by atoms with van der Waals surface area (Å²) in [6, 6.07) is 10.5. The molecule has 3 heterocycles. The summed E-state index contributed by atoms with van der Waals surface area (Å²) >= 11 is 0. The lowest BCUT2D eigenvalue weighted by atomic mass is 10.0. The molecule has 1 atom stereocenters. The van der Waals surface area contributed by atoms with Crippen LogP contribution in [0.3, 0.4) is 0 Å². The van der Waals surface area contributed by atoms with Gasteiger partial charge < -0.3 is 10.1 Å². The van der Waals surface area contributed by atoms with Gasteiger partial charge >= 0.3 is 6.09 Å². The van der Waals surface area contributed by atoms with Crippen molar-refractivity contribution in [1.29, 1.82) is 0 Å². The molecule has 8 heteroatoms. The molecule has 1 aromatic carbocycles. The molecular formula is C24H34N6O2. The van der Waals surface area contributed by atoms with Crippen LogP contribution in [0.1, 0.15) is 44.9 Å². The molecule has 1 N–H and O–H groups in total. The van der Waals surface area contributed by atoms with E-state index < -0.39 is 0 Å². The molecule has 2 aliphatic rings. The third-order valence-corrected chi connectivity index (χ3v) is 6.23. The van der Waals surface area contributed by atoms with Crippen molar-refractivity contribution in [1.82, 2.24) is 19.8 Å². The van der Waals surface area contributed by atoms with Crippen LogP contribution in [0.5, 0.6) is 0 Å². The minimum absolute atomic E-state index is 0.0418. The molecule has 4 rings (SSSR count). The highest BCUT2D eigenvalue weighted by atomic mass is 16.6. The zero-order chi connectivity index (χ0) is 22.7. The summed E-state index contributed by atoms with van der Waals surface area (Å²) in [5, 5.41) is 3.34. The van der Waals surface area contributed by atoms with Gasteiger partial charge in [0.15, 0.2) is 0 Å². The number of piperazine rings is 1. The van der Waals surface area contributed by atoms with Crippen molar-refractivity contribution < 1.29 is 9.53 Å². The molecule has 2 aromatic rings. The fourth-order valence-electron chi connectivity index (χ4n) is 4.19. The number of ether oxygens (including phenoxy) is 1. The van der Waals surface area contributed by atoms with Crippen LogP contribution in [0.15, 0.2) is 36.5 Å². The first kappa shape index (κ1) is 22.5. The molecule has 1 amide bonds. The Morgan fingerprint density at radius 1 is 1.06 bits per heavy atom. The number of hydrogen-bond acceptors (Lipinski definition) is 7. The van der Waals surface area contributed by atoms with E-state index in [9.17, 15) is 4.79 Å². The molecule has 2 fully saturated rings. The maximum absolute atomic E-state index is 11.8. The van der Waals surface area contributed by atoms with Gasteiger partial charge in [-0.25, -0.2) is 9.78 Å². The Balaban J connectivity index is 1.32. The van der Waals surface area contributed by atoms with Gasteiger partial charge in [0, 0.05) is 44.5 Å². The summed E-state index contributed by atoms with van der Waals surface area (Å²) in [5.74, 6) is 1.05. The topological polar surface area (TPSA) is 73.8 Å². The number of rotatable bonds is 6. The van der Waals surface area contributed by atoms with Crippen LogP contribution in [0.25, 0.3) is 0 Å².